The smallest absolute Gasteiger partial charge is 0.379 e. The largest absolute Gasteiger partial charge is 0.459 e. The zero-order valence-corrected chi connectivity index (χ0v) is 25.3. The van der Waals surface area contributed by atoms with E-state index >= 15 is 0 Å². The first kappa shape index (κ1) is 32.0. The molecule has 7 heteroatoms. The Morgan fingerprint density at radius 3 is 1.41 bits per heavy atom. The fraction of sp³-hybridized carbons (Fsp3) is 0.529. The summed E-state index contributed by atoms with van der Waals surface area (Å²) in [7, 11) is 0. The third-order valence-corrected chi connectivity index (χ3v) is 8.06. The second-order valence-corrected chi connectivity index (χ2v) is 10.9. The van der Waals surface area contributed by atoms with Crippen LogP contribution in [0, 0.1) is 11.8 Å². The summed E-state index contributed by atoms with van der Waals surface area (Å²) in [5, 5.41) is 1.45. The maximum Gasteiger partial charge on any atom is 0.379 e. The standard InChI is InChI=1S/C34H45NO6/c1-6-11-13-23(8-3)21-40-33(38)31(36)25-15-17-29-27(19-25)28-20-26(16-18-30(28)35(29)10-5)32(37)34(39)41-22-24(9-4)14-12-7-2/h15-20,23-24H,6-14,21-22H2,1-5H3. The van der Waals surface area contributed by atoms with Gasteiger partial charge in [0.1, 0.15) is 0 Å². The third kappa shape index (κ3) is 7.84. The second-order valence-electron chi connectivity index (χ2n) is 10.9. The Morgan fingerprint density at radius 1 is 0.659 bits per heavy atom. The van der Waals surface area contributed by atoms with Gasteiger partial charge in [-0.2, -0.15) is 0 Å². The number of ether oxygens (including phenoxy) is 2. The number of carbonyl (C=O) groups is 4. The minimum Gasteiger partial charge on any atom is -0.459 e. The lowest BCUT2D eigenvalue weighted by atomic mass is 10.0. The number of benzene rings is 2. The first-order chi connectivity index (χ1) is 19.8. The molecule has 0 radical (unpaired) electrons. The van der Waals surface area contributed by atoms with Crippen molar-refractivity contribution in [3.05, 3.63) is 47.5 Å². The Morgan fingerprint density at radius 2 is 1.07 bits per heavy atom. The molecule has 2 unspecified atom stereocenters. The van der Waals surface area contributed by atoms with Crippen LogP contribution in [0.3, 0.4) is 0 Å². The number of Topliss-reactive ketones (excluding diaryl/α,β-unsaturated/α-hetero) is 2. The average molecular weight is 564 g/mol. The van der Waals surface area contributed by atoms with Crippen LogP contribution in [-0.4, -0.2) is 41.3 Å². The molecule has 7 nitrogen and oxygen atoms in total. The van der Waals surface area contributed by atoms with E-state index < -0.39 is 23.5 Å². The van der Waals surface area contributed by atoms with Crippen molar-refractivity contribution >= 4 is 45.3 Å². The van der Waals surface area contributed by atoms with E-state index in [4.69, 9.17) is 9.47 Å². The van der Waals surface area contributed by atoms with Crippen molar-refractivity contribution < 1.29 is 28.7 Å². The topological polar surface area (TPSA) is 91.7 Å². The molecule has 0 aliphatic rings. The molecule has 0 bridgehead atoms. The van der Waals surface area contributed by atoms with Gasteiger partial charge in [0.15, 0.2) is 0 Å². The zero-order valence-electron chi connectivity index (χ0n) is 25.3. The molecule has 41 heavy (non-hydrogen) atoms. The number of carbonyl (C=O) groups excluding carboxylic acids is 4. The van der Waals surface area contributed by atoms with Gasteiger partial charge in [0.2, 0.25) is 0 Å². The van der Waals surface area contributed by atoms with Crippen molar-refractivity contribution in [2.24, 2.45) is 11.8 Å². The molecule has 0 fully saturated rings. The summed E-state index contributed by atoms with van der Waals surface area (Å²) in [6.45, 7) is 11.5. The van der Waals surface area contributed by atoms with Gasteiger partial charge in [0.25, 0.3) is 11.6 Å². The van der Waals surface area contributed by atoms with Gasteiger partial charge in [0, 0.05) is 39.5 Å². The monoisotopic (exact) mass is 563 g/mol. The number of nitrogens with zero attached hydrogens (tertiary/aromatic N) is 1. The van der Waals surface area contributed by atoms with Gasteiger partial charge < -0.3 is 14.0 Å². The summed E-state index contributed by atoms with van der Waals surface area (Å²) >= 11 is 0. The minimum atomic E-state index is -0.860. The number of esters is 2. The van der Waals surface area contributed by atoms with Crippen molar-refractivity contribution in [1.29, 1.82) is 0 Å². The van der Waals surface area contributed by atoms with E-state index in [0.29, 0.717) is 6.54 Å². The van der Waals surface area contributed by atoms with E-state index in [1.807, 2.05) is 19.1 Å². The fourth-order valence-corrected chi connectivity index (χ4v) is 5.28. The predicted octanol–water partition coefficient (Wildman–Crippen LogP) is 7.70. The van der Waals surface area contributed by atoms with Crippen LogP contribution in [0.1, 0.15) is 107 Å². The summed E-state index contributed by atoms with van der Waals surface area (Å²) in [4.78, 5) is 51.3. The Labute approximate surface area is 243 Å². The van der Waals surface area contributed by atoms with Crippen LogP contribution in [0.2, 0.25) is 0 Å². The number of aryl methyl sites for hydroxylation is 1. The molecule has 3 rings (SSSR count). The fourth-order valence-electron chi connectivity index (χ4n) is 5.28. The second kappa shape index (κ2) is 15.5. The number of rotatable bonds is 17. The van der Waals surface area contributed by atoms with Gasteiger partial charge in [0.05, 0.1) is 13.2 Å². The summed E-state index contributed by atoms with van der Waals surface area (Å²) in [6.07, 6.45) is 7.95. The summed E-state index contributed by atoms with van der Waals surface area (Å²) in [6, 6.07) is 10.2. The summed E-state index contributed by atoms with van der Waals surface area (Å²) < 4.78 is 12.9. The molecule has 3 aromatic rings. The van der Waals surface area contributed by atoms with Crippen LogP contribution in [0.4, 0.5) is 0 Å². The third-order valence-electron chi connectivity index (χ3n) is 8.06. The van der Waals surface area contributed by atoms with Gasteiger partial charge >= 0.3 is 11.9 Å². The van der Waals surface area contributed by atoms with Gasteiger partial charge in [-0.1, -0.05) is 66.2 Å². The Balaban J connectivity index is 1.84. The number of ketones is 2. The van der Waals surface area contributed by atoms with Crippen LogP contribution in [0.15, 0.2) is 36.4 Å². The molecule has 0 saturated heterocycles. The van der Waals surface area contributed by atoms with Crippen molar-refractivity contribution in [3.8, 4) is 0 Å². The number of hydrogen-bond acceptors (Lipinski definition) is 6. The van der Waals surface area contributed by atoms with Crippen molar-refractivity contribution in [2.45, 2.75) is 92.5 Å². The molecule has 0 amide bonds. The first-order valence-electron chi connectivity index (χ1n) is 15.3. The first-order valence-corrected chi connectivity index (χ1v) is 15.3. The predicted molar refractivity (Wildman–Crippen MR) is 162 cm³/mol. The van der Waals surface area contributed by atoms with E-state index in [9.17, 15) is 19.2 Å². The molecule has 0 saturated carbocycles. The quantitative estimate of drug-likeness (QED) is 0.0949. The molecule has 2 aromatic carbocycles. The minimum absolute atomic E-state index is 0.230. The van der Waals surface area contributed by atoms with E-state index in [1.165, 1.54) is 0 Å². The highest BCUT2D eigenvalue weighted by molar-refractivity contribution is 6.42. The SMILES string of the molecule is CCCCC(CC)COC(=O)C(=O)c1ccc2c(c1)c1cc(C(=O)C(=O)OCC(CC)CCCC)ccc1n2CC. The van der Waals surface area contributed by atoms with Crippen LogP contribution in [-0.2, 0) is 25.6 Å². The molecule has 0 aliphatic heterocycles. The van der Waals surface area contributed by atoms with Gasteiger partial charge in [-0.3, -0.25) is 9.59 Å². The molecular weight excluding hydrogens is 518 g/mol. The number of fused-ring (bicyclic) bond motifs is 3. The summed E-state index contributed by atoms with van der Waals surface area (Å²) in [5.41, 5.74) is 2.19. The molecule has 0 N–H and O–H groups in total. The molecule has 0 aliphatic carbocycles. The molecular formula is C34H45NO6. The Hall–Kier alpha value is -3.48. The van der Waals surface area contributed by atoms with Crippen molar-refractivity contribution in [1.82, 2.24) is 4.57 Å². The number of hydrogen-bond donors (Lipinski definition) is 0. The Kier molecular flexibility index (Phi) is 12.1. The Bertz CT molecular complexity index is 1270. The lowest BCUT2D eigenvalue weighted by Crippen LogP contribution is -2.21. The van der Waals surface area contributed by atoms with E-state index in [-0.39, 0.29) is 36.2 Å². The molecule has 1 heterocycles. The van der Waals surface area contributed by atoms with E-state index in [2.05, 4.69) is 32.3 Å². The van der Waals surface area contributed by atoms with Gasteiger partial charge in [-0.25, -0.2) is 9.59 Å². The highest BCUT2D eigenvalue weighted by Gasteiger charge is 2.23. The highest BCUT2D eigenvalue weighted by Crippen LogP contribution is 2.31. The van der Waals surface area contributed by atoms with Crippen LogP contribution in [0.5, 0.6) is 0 Å². The number of aromatic nitrogens is 1. The summed E-state index contributed by atoms with van der Waals surface area (Å²) in [5.74, 6) is -2.63. The zero-order chi connectivity index (χ0) is 29.9. The molecule has 222 valence electrons. The lowest BCUT2D eigenvalue weighted by Gasteiger charge is -2.14. The van der Waals surface area contributed by atoms with Crippen LogP contribution >= 0.6 is 0 Å². The maximum atomic E-state index is 13.0. The van der Waals surface area contributed by atoms with Crippen molar-refractivity contribution in [3.63, 3.8) is 0 Å². The number of unbranched alkanes of at least 4 members (excludes halogenated alkanes) is 2. The highest BCUT2D eigenvalue weighted by atomic mass is 16.5. The van der Waals surface area contributed by atoms with E-state index in [0.717, 1.165) is 73.2 Å². The van der Waals surface area contributed by atoms with Crippen molar-refractivity contribution in [2.75, 3.05) is 13.2 Å². The van der Waals surface area contributed by atoms with E-state index in [1.54, 1.807) is 24.3 Å². The lowest BCUT2D eigenvalue weighted by molar-refractivity contribution is -0.140. The molecule has 0 spiro atoms. The van der Waals surface area contributed by atoms with Gasteiger partial charge in [-0.05, 0) is 68.0 Å². The van der Waals surface area contributed by atoms with Crippen LogP contribution < -0.4 is 0 Å². The molecule has 1 aromatic heterocycles. The van der Waals surface area contributed by atoms with Gasteiger partial charge in [-0.15, -0.1) is 0 Å². The maximum absolute atomic E-state index is 13.0. The normalized spacial score (nSPS) is 12.8. The average Bonchev–Trinajstić information content (AvgIpc) is 3.32. The molecule has 2 atom stereocenters. The van der Waals surface area contributed by atoms with Crippen LogP contribution in [0.25, 0.3) is 21.8 Å².